The Morgan fingerprint density at radius 3 is 0.826 bits per heavy atom. The van der Waals surface area contributed by atoms with Gasteiger partial charge in [0.25, 0.3) is 0 Å². The maximum Gasteiger partial charge on any atom is 0.472 e. The zero-order chi connectivity index (χ0) is 67.9. The third kappa shape index (κ3) is 65.4. The molecule has 0 aromatic heterocycles. The van der Waals surface area contributed by atoms with Gasteiger partial charge >= 0.3 is 39.5 Å². The molecule has 0 heterocycles. The SMILES string of the molecule is CCCCCCCCCCCCCCCCCCCCCC(=O)O[C@H](COC(=O)CCCCCCCCCCCCC(C)C)COP(=O)(O)OC[C@@H](O)COP(=O)(O)OC[C@@H](COC(=O)CCCCCCCCCC)OC(=O)CCCCCCCCCCC(C)CC. The Kier molecular flexibility index (Phi) is 63.7. The molecule has 546 valence electrons. The molecule has 3 N–H and O–H groups in total. The molecule has 0 saturated heterocycles. The van der Waals surface area contributed by atoms with Gasteiger partial charge in [-0.3, -0.25) is 37.3 Å². The Morgan fingerprint density at radius 2 is 0.554 bits per heavy atom. The van der Waals surface area contributed by atoms with Gasteiger partial charge in [-0.05, 0) is 37.5 Å². The van der Waals surface area contributed by atoms with Crippen molar-refractivity contribution in [2.45, 2.75) is 394 Å². The third-order valence-electron chi connectivity index (χ3n) is 17.3. The lowest BCUT2D eigenvalue weighted by atomic mass is 9.99. The van der Waals surface area contributed by atoms with Crippen molar-refractivity contribution < 1.29 is 80.2 Å². The van der Waals surface area contributed by atoms with Gasteiger partial charge in [0.1, 0.15) is 19.3 Å². The van der Waals surface area contributed by atoms with Crippen LogP contribution in [0.5, 0.6) is 0 Å². The molecule has 3 unspecified atom stereocenters. The lowest BCUT2D eigenvalue weighted by Gasteiger charge is -2.21. The highest BCUT2D eigenvalue weighted by atomic mass is 31.2. The van der Waals surface area contributed by atoms with Gasteiger partial charge in [0.2, 0.25) is 0 Å². The van der Waals surface area contributed by atoms with Gasteiger partial charge in [0.05, 0.1) is 26.4 Å². The number of phosphoric ester groups is 2. The van der Waals surface area contributed by atoms with Crippen molar-refractivity contribution >= 4 is 39.5 Å². The third-order valence-corrected chi connectivity index (χ3v) is 19.2. The minimum atomic E-state index is -4.95. The Balaban J connectivity index is 5.20. The van der Waals surface area contributed by atoms with Crippen molar-refractivity contribution in [1.82, 2.24) is 0 Å². The van der Waals surface area contributed by atoms with Gasteiger partial charge < -0.3 is 33.8 Å². The van der Waals surface area contributed by atoms with Crippen molar-refractivity contribution in [2.75, 3.05) is 39.6 Å². The molecular formula is C73H142O17P2. The predicted molar refractivity (Wildman–Crippen MR) is 372 cm³/mol. The first-order valence-electron chi connectivity index (χ1n) is 38.0. The Hall–Kier alpha value is -1.94. The highest BCUT2D eigenvalue weighted by Gasteiger charge is 2.30. The summed E-state index contributed by atoms with van der Waals surface area (Å²) < 4.78 is 68.3. The molecular weight excluding hydrogens is 1210 g/mol. The van der Waals surface area contributed by atoms with Crippen LogP contribution in [0.25, 0.3) is 0 Å². The Bertz CT molecular complexity index is 1790. The second kappa shape index (κ2) is 65.0. The molecule has 0 aliphatic heterocycles. The van der Waals surface area contributed by atoms with Crippen LogP contribution >= 0.6 is 15.6 Å². The molecule has 0 rings (SSSR count). The van der Waals surface area contributed by atoms with E-state index in [1.54, 1.807) is 0 Å². The van der Waals surface area contributed by atoms with E-state index in [1.165, 1.54) is 186 Å². The van der Waals surface area contributed by atoms with Crippen molar-refractivity contribution in [2.24, 2.45) is 11.8 Å². The summed E-state index contributed by atoms with van der Waals surface area (Å²) in [5, 5.41) is 10.6. The molecule has 0 aliphatic carbocycles. The van der Waals surface area contributed by atoms with E-state index in [9.17, 15) is 43.2 Å². The maximum absolute atomic E-state index is 13.1. The molecule has 0 saturated carbocycles. The second-order valence-corrected chi connectivity index (χ2v) is 30.0. The summed E-state index contributed by atoms with van der Waals surface area (Å²) in [6.07, 6.45) is 51.4. The minimum absolute atomic E-state index is 0.105. The number of rotatable bonds is 72. The van der Waals surface area contributed by atoms with Crippen molar-refractivity contribution in [3.63, 3.8) is 0 Å². The zero-order valence-corrected chi connectivity index (χ0v) is 61.6. The molecule has 6 atom stereocenters. The van der Waals surface area contributed by atoms with Crippen LogP contribution in [0.2, 0.25) is 0 Å². The van der Waals surface area contributed by atoms with E-state index in [2.05, 4.69) is 41.5 Å². The predicted octanol–water partition coefficient (Wildman–Crippen LogP) is 21.2. The number of hydrogen-bond acceptors (Lipinski definition) is 15. The number of unbranched alkanes of at least 4 members (excludes halogenated alkanes) is 41. The van der Waals surface area contributed by atoms with E-state index in [-0.39, 0.29) is 25.7 Å². The summed E-state index contributed by atoms with van der Waals surface area (Å²) in [5.74, 6) is -0.596. The van der Waals surface area contributed by atoms with E-state index in [0.29, 0.717) is 25.7 Å². The molecule has 92 heavy (non-hydrogen) atoms. The van der Waals surface area contributed by atoms with Crippen molar-refractivity contribution in [3.05, 3.63) is 0 Å². The quantitative estimate of drug-likeness (QED) is 0.0222. The summed E-state index contributed by atoms with van der Waals surface area (Å²) in [7, 11) is -9.90. The number of phosphoric acid groups is 2. The van der Waals surface area contributed by atoms with Crippen LogP contribution in [0.15, 0.2) is 0 Å². The van der Waals surface area contributed by atoms with Crippen LogP contribution in [0.3, 0.4) is 0 Å². The molecule has 0 aromatic rings. The van der Waals surface area contributed by atoms with Gasteiger partial charge in [-0.15, -0.1) is 0 Å². The summed E-state index contributed by atoms with van der Waals surface area (Å²) >= 11 is 0. The fraction of sp³-hybridized carbons (Fsp3) is 0.945. The van der Waals surface area contributed by atoms with Crippen LogP contribution < -0.4 is 0 Å². The molecule has 0 bridgehead atoms. The fourth-order valence-corrected chi connectivity index (χ4v) is 12.7. The minimum Gasteiger partial charge on any atom is -0.462 e. The monoisotopic (exact) mass is 1350 g/mol. The fourth-order valence-electron chi connectivity index (χ4n) is 11.1. The first-order valence-corrected chi connectivity index (χ1v) is 41.0. The molecule has 0 radical (unpaired) electrons. The lowest BCUT2D eigenvalue weighted by Crippen LogP contribution is -2.30. The zero-order valence-electron chi connectivity index (χ0n) is 59.9. The van der Waals surface area contributed by atoms with Crippen molar-refractivity contribution in [1.29, 1.82) is 0 Å². The molecule has 0 amide bonds. The number of esters is 4. The van der Waals surface area contributed by atoms with Gasteiger partial charge in [-0.2, -0.15) is 0 Å². The van der Waals surface area contributed by atoms with Gasteiger partial charge in [0, 0.05) is 25.7 Å². The normalized spacial score (nSPS) is 14.4. The van der Waals surface area contributed by atoms with E-state index < -0.39 is 97.5 Å². The van der Waals surface area contributed by atoms with Crippen molar-refractivity contribution in [3.8, 4) is 0 Å². The largest absolute Gasteiger partial charge is 0.472 e. The van der Waals surface area contributed by atoms with Crippen LogP contribution in [0.1, 0.15) is 375 Å². The summed E-state index contributed by atoms with van der Waals surface area (Å²) in [5.41, 5.74) is 0. The van der Waals surface area contributed by atoms with Gasteiger partial charge in [-0.25, -0.2) is 9.13 Å². The summed E-state index contributed by atoms with van der Waals surface area (Å²) in [6, 6.07) is 0. The average Bonchev–Trinajstić information content (AvgIpc) is 1.88. The highest BCUT2D eigenvalue weighted by molar-refractivity contribution is 7.47. The number of aliphatic hydroxyl groups is 1. The van der Waals surface area contributed by atoms with E-state index in [4.69, 9.17) is 37.0 Å². The number of carbonyl (C=O) groups excluding carboxylic acids is 4. The second-order valence-electron chi connectivity index (χ2n) is 27.1. The first kappa shape index (κ1) is 90.1. The molecule has 0 fully saturated rings. The standard InChI is InChI=1S/C73H142O17P2/c1-7-10-12-14-16-18-19-20-21-22-23-24-25-26-27-32-39-45-51-57-72(77)89-69(62-84-71(76)56-50-44-38-31-29-28-30-35-41-47-53-65(4)5)64-88-92(81,82)86-60-67(74)59-85-91(79,80)87-63-68(61-83-70(75)55-49-43-37-17-15-13-11-8-2)90-73(78)58-52-46-40-34-33-36-42-48-54-66(6)9-3/h65-69,74H,7-64H2,1-6H3,(H,79,80)(H,81,82)/t66?,67-,68+,69+/m0/s1. The summed E-state index contributed by atoms with van der Waals surface area (Å²) in [4.78, 5) is 72.6. The summed E-state index contributed by atoms with van der Waals surface area (Å²) in [6.45, 7) is 9.54. The Labute approximate surface area is 562 Å². The molecule has 17 nitrogen and oxygen atoms in total. The van der Waals surface area contributed by atoms with Crippen LogP contribution in [-0.4, -0.2) is 96.7 Å². The first-order chi connectivity index (χ1) is 44.4. The smallest absolute Gasteiger partial charge is 0.462 e. The van der Waals surface area contributed by atoms with Gasteiger partial charge in [0.15, 0.2) is 12.2 Å². The topological polar surface area (TPSA) is 237 Å². The van der Waals surface area contributed by atoms with Crippen LogP contribution in [-0.2, 0) is 65.4 Å². The van der Waals surface area contributed by atoms with E-state index >= 15 is 0 Å². The number of ether oxygens (including phenoxy) is 4. The lowest BCUT2D eigenvalue weighted by molar-refractivity contribution is -0.161. The maximum atomic E-state index is 13.1. The number of carbonyl (C=O) groups is 4. The van der Waals surface area contributed by atoms with Crippen LogP contribution in [0, 0.1) is 11.8 Å². The van der Waals surface area contributed by atoms with Gasteiger partial charge in [-0.1, -0.05) is 324 Å². The Morgan fingerprint density at radius 1 is 0.315 bits per heavy atom. The van der Waals surface area contributed by atoms with Crippen LogP contribution in [0.4, 0.5) is 0 Å². The average molecular weight is 1350 g/mol. The number of aliphatic hydroxyl groups excluding tert-OH is 1. The molecule has 19 heteroatoms. The molecule has 0 spiro atoms. The van der Waals surface area contributed by atoms with E-state index in [1.807, 2.05) is 0 Å². The highest BCUT2D eigenvalue weighted by Crippen LogP contribution is 2.45. The number of hydrogen-bond donors (Lipinski definition) is 3. The molecule has 0 aromatic carbocycles. The van der Waals surface area contributed by atoms with E-state index in [0.717, 1.165) is 108 Å². The molecule has 0 aliphatic rings.